The smallest absolute Gasteiger partial charge is 0.243 e. The van der Waals surface area contributed by atoms with E-state index in [1.807, 2.05) is 58.9 Å². The molecule has 5 rings (SSSR count). The number of ether oxygens (including phenoxy) is 5. The molecule has 0 bridgehead atoms. The number of anilines is 1. The number of sulfonamides is 1. The summed E-state index contributed by atoms with van der Waals surface area (Å²) in [6, 6.07) is 21.1. The van der Waals surface area contributed by atoms with E-state index in [9.17, 15) is 13.2 Å². The number of aryl methyl sites for hydroxylation is 1. The largest absolute Gasteiger partial charge is 0.490 e. The summed E-state index contributed by atoms with van der Waals surface area (Å²) in [5.41, 5.74) is 4.44. The summed E-state index contributed by atoms with van der Waals surface area (Å²) in [7, 11) is -2.21. The van der Waals surface area contributed by atoms with Gasteiger partial charge in [-0.15, -0.1) is 0 Å². The fourth-order valence-corrected chi connectivity index (χ4v) is 9.40. The molecular weight excluding hydrogens is 719 g/mol. The average molecular weight is 780 g/mol. The molecule has 4 atom stereocenters. The summed E-state index contributed by atoms with van der Waals surface area (Å²) in [6.07, 6.45) is 1.40. The van der Waals surface area contributed by atoms with E-state index in [4.69, 9.17) is 23.7 Å². The lowest BCUT2D eigenvalue weighted by atomic mass is 9.80. The Labute approximate surface area is 328 Å². The minimum Gasteiger partial charge on any atom is -0.490 e. The zero-order valence-corrected chi connectivity index (χ0v) is 34.5. The van der Waals surface area contributed by atoms with Crippen LogP contribution in [-0.4, -0.2) is 95.6 Å². The fourth-order valence-electron chi connectivity index (χ4n) is 7.76. The van der Waals surface area contributed by atoms with Crippen molar-refractivity contribution in [3.63, 3.8) is 0 Å². The summed E-state index contributed by atoms with van der Waals surface area (Å²) < 4.78 is 60.4. The number of hydrogen-bond acceptors (Lipinski definition) is 9. The molecule has 1 amide bonds. The third-order valence-electron chi connectivity index (χ3n) is 10.3. The van der Waals surface area contributed by atoms with E-state index in [0.717, 1.165) is 53.2 Å². The van der Waals surface area contributed by atoms with Gasteiger partial charge in [-0.1, -0.05) is 48.0 Å². The first-order valence-corrected chi connectivity index (χ1v) is 21.0. The van der Waals surface area contributed by atoms with Gasteiger partial charge < -0.3 is 33.9 Å². The van der Waals surface area contributed by atoms with Crippen LogP contribution in [0.1, 0.15) is 82.1 Å². The molecule has 1 unspecified atom stereocenters. The number of nitrogens with one attached hydrogen (secondary N) is 1. The topological polar surface area (TPSA) is 116 Å². The molecule has 2 heterocycles. The van der Waals surface area contributed by atoms with Gasteiger partial charge in [0.2, 0.25) is 15.9 Å². The Morgan fingerprint density at radius 3 is 2.45 bits per heavy atom. The van der Waals surface area contributed by atoms with Gasteiger partial charge in [-0.3, -0.25) is 4.79 Å². The van der Waals surface area contributed by atoms with Gasteiger partial charge in [-0.05, 0) is 94.8 Å². The van der Waals surface area contributed by atoms with Crippen molar-refractivity contribution in [2.75, 3.05) is 58.1 Å². The van der Waals surface area contributed by atoms with Gasteiger partial charge in [0.05, 0.1) is 49.2 Å². The van der Waals surface area contributed by atoms with E-state index in [-0.39, 0.29) is 29.4 Å². The molecule has 0 spiro atoms. The first-order valence-electron chi connectivity index (χ1n) is 19.6. The Morgan fingerprint density at radius 2 is 1.76 bits per heavy atom. The Balaban J connectivity index is 1.45. The lowest BCUT2D eigenvalue weighted by molar-refractivity contribution is -0.120. The lowest BCUT2D eigenvalue weighted by Gasteiger charge is -2.45. The van der Waals surface area contributed by atoms with E-state index in [2.05, 4.69) is 40.5 Å². The number of methoxy groups -OCH3 is 1. The second-order valence-corrected chi connectivity index (χ2v) is 17.4. The second kappa shape index (κ2) is 19.6. The molecule has 55 heavy (non-hydrogen) atoms. The average Bonchev–Trinajstić information content (AvgIpc) is 3.14. The number of piperidine rings is 1. The molecule has 302 valence electrons. The van der Waals surface area contributed by atoms with Crippen LogP contribution in [0.15, 0.2) is 71.6 Å². The minimum absolute atomic E-state index is 0.0172. The third-order valence-corrected chi connectivity index (χ3v) is 12.3. The molecule has 0 aliphatic carbocycles. The predicted octanol–water partition coefficient (Wildman–Crippen LogP) is 6.61. The van der Waals surface area contributed by atoms with E-state index in [1.54, 1.807) is 23.5 Å². The molecule has 11 nitrogen and oxygen atoms in total. The van der Waals surface area contributed by atoms with Crippen molar-refractivity contribution in [2.24, 2.45) is 0 Å². The van der Waals surface area contributed by atoms with Crippen LogP contribution < -0.4 is 15.0 Å². The standard InChI is InChI=1S/C43H61N3O8S/c1-8-52-32(3)28-51-29-34-12-15-36(16-13-34)39-25-37(26-43(5,6)44-33(4)47)46(55(48,49)38-17-10-31(2)11-18-38)27-42(39)54-30-35-14-19-41-40(24-35)45(21-23-53-41)20-9-22-50-7/h10-19,24,32,37,39,42H,8-9,20-23,25-30H2,1-7H3,(H,44,47)/t32?,37-,39-,42+/m1/s1. The van der Waals surface area contributed by atoms with Crippen LogP contribution in [-0.2, 0) is 47.0 Å². The van der Waals surface area contributed by atoms with Gasteiger partial charge in [-0.25, -0.2) is 8.42 Å². The quantitative estimate of drug-likeness (QED) is 0.134. The number of hydrogen-bond donors (Lipinski definition) is 1. The first kappa shape index (κ1) is 42.6. The number of carbonyl (C=O) groups excluding carboxylic acids is 1. The first-order chi connectivity index (χ1) is 26.3. The third kappa shape index (κ3) is 11.8. The van der Waals surface area contributed by atoms with Crippen molar-refractivity contribution in [1.29, 1.82) is 0 Å². The lowest BCUT2D eigenvalue weighted by Crippen LogP contribution is -2.56. The van der Waals surface area contributed by atoms with Gasteiger partial charge >= 0.3 is 0 Å². The number of fused-ring (bicyclic) bond motifs is 1. The summed E-state index contributed by atoms with van der Waals surface area (Å²) in [5.74, 6) is 0.564. The highest BCUT2D eigenvalue weighted by molar-refractivity contribution is 7.89. The summed E-state index contributed by atoms with van der Waals surface area (Å²) >= 11 is 0. The number of carbonyl (C=O) groups is 1. The van der Waals surface area contributed by atoms with Crippen molar-refractivity contribution < 1.29 is 36.9 Å². The van der Waals surface area contributed by atoms with Crippen molar-refractivity contribution in [2.45, 2.75) is 109 Å². The van der Waals surface area contributed by atoms with E-state index >= 15 is 0 Å². The van der Waals surface area contributed by atoms with Crippen LogP contribution in [0.25, 0.3) is 0 Å². The van der Waals surface area contributed by atoms with Crippen LogP contribution in [0.3, 0.4) is 0 Å². The van der Waals surface area contributed by atoms with Crippen LogP contribution in [0, 0.1) is 6.92 Å². The van der Waals surface area contributed by atoms with Gasteiger partial charge in [0, 0.05) is 57.8 Å². The highest BCUT2D eigenvalue weighted by Crippen LogP contribution is 2.40. The molecule has 12 heteroatoms. The van der Waals surface area contributed by atoms with Gasteiger partial charge in [0.15, 0.2) is 0 Å². The van der Waals surface area contributed by atoms with Crippen LogP contribution >= 0.6 is 0 Å². The Bertz CT molecular complexity index is 1780. The fraction of sp³-hybridized carbons (Fsp3) is 0.558. The molecular formula is C43H61N3O8S. The normalized spacial score (nSPS) is 19.8. The van der Waals surface area contributed by atoms with Gasteiger partial charge in [-0.2, -0.15) is 4.31 Å². The summed E-state index contributed by atoms with van der Waals surface area (Å²) in [4.78, 5) is 14.8. The number of rotatable bonds is 19. The summed E-state index contributed by atoms with van der Waals surface area (Å²) in [5, 5.41) is 3.05. The minimum atomic E-state index is -3.93. The van der Waals surface area contributed by atoms with E-state index in [0.29, 0.717) is 52.5 Å². The van der Waals surface area contributed by atoms with Gasteiger partial charge in [0.1, 0.15) is 12.4 Å². The van der Waals surface area contributed by atoms with Crippen molar-refractivity contribution in [3.8, 4) is 5.75 Å². The number of amides is 1. The Morgan fingerprint density at radius 1 is 1.04 bits per heavy atom. The maximum atomic E-state index is 14.6. The number of nitrogens with zero attached hydrogens (tertiary/aromatic N) is 2. The molecule has 2 aliphatic rings. The van der Waals surface area contributed by atoms with Crippen LogP contribution in [0.2, 0.25) is 0 Å². The molecule has 3 aromatic carbocycles. The molecule has 0 aromatic heterocycles. The van der Waals surface area contributed by atoms with E-state index < -0.39 is 27.7 Å². The molecule has 0 saturated carbocycles. The predicted molar refractivity (Wildman–Crippen MR) is 215 cm³/mol. The highest BCUT2D eigenvalue weighted by atomic mass is 32.2. The molecule has 1 fully saturated rings. The zero-order chi connectivity index (χ0) is 39.6. The summed E-state index contributed by atoms with van der Waals surface area (Å²) in [6.45, 7) is 16.3. The number of benzene rings is 3. The van der Waals surface area contributed by atoms with Crippen molar-refractivity contribution in [3.05, 3.63) is 89.0 Å². The highest BCUT2D eigenvalue weighted by Gasteiger charge is 2.44. The van der Waals surface area contributed by atoms with E-state index in [1.165, 1.54) is 6.92 Å². The monoisotopic (exact) mass is 779 g/mol. The van der Waals surface area contributed by atoms with Crippen LogP contribution in [0.4, 0.5) is 5.69 Å². The maximum absolute atomic E-state index is 14.6. The second-order valence-electron chi connectivity index (χ2n) is 15.5. The Kier molecular flexibility index (Phi) is 15.2. The zero-order valence-electron chi connectivity index (χ0n) is 33.7. The molecule has 2 aliphatic heterocycles. The van der Waals surface area contributed by atoms with Crippen molar-refractivity contribution in [1.82, 2.24) is 9.62 Å². The SMILES string of the molecule is CCOC(C)COCc1ccc([C@H]2C[C@H](CC(C)(C)NC(C)=O)N(S(=O)(=O)c3ccc(C)cc3)C[C@@H]2OCc2ccc3c(c2)N(CCCOC)CCO3)cc1. The Hall–Kier alpha value is -3.52. The molecule has 0 radical (unpaired) electrons. The molecule has 1 saturated heterocycles. The molecule has 3 aromatic rings. The van der Waals surface area contributed by atoms with Gasteiger partial charge in [0.25, 0.3) is 0 Å². The van der Waals surface area contributed by atoms with Crippen LogP contribution in [0.5, 0.6) is 5.75 Å². The molecule has 1 N–H and O–H groups in total. The maximum Gasteiger partial charge on any atom is 0.243 e. The van der Waals surface area contributed by atoms with Crippen molar-refractivity contribution >= 4 is 21.6 Å².